The second-order valence-electron chi connectivity index (χ2n) is 9.97. The number of amides is 2. The molecule has 0 aliphatic rings. The van der Waals surface area contributed by atoms with Crippen LogP contribution in [0, 0.1) is 5.41 Å². The van der Waals surface area contributed by atoms with Crippen molar-refractivity contribution in [1.82, 2.24) is 10.6 Å². The minimum Gasteiger partial charge on any atom is -0.494 e. The van der Waals surface area contributed by atoms with E-state index in [1.54, 1.807) is 13.8 Å². The second kappa shape index (κ2) is 19.1. The van der Waals surface area contributed by atoms with Crippen molar-refractivity contribution in [1.29, 1.82) is 0 Å². The molecule has 2 amide bonds. The Labute approximate surface area is 260 Å². The van der Waals surface area contributed by atoms with Crippen LogP contribution < -0.4 is 20.1 Å². The van der Waals surface area contributed by atoms with Crippen molar-refractivity contribution >= 4 is 43.7 Å². The molecule has 0 aromatic heterocycles. The van der Waals surface area contributed by atoms with Crippen LogP contribution in [0.2, 0.25) is 0 Å². The standard InChI is InChI=1S/C31H44Br2N2O6/c1-3-31(4-2,29(38)34-25(21-36)19-23-7-11-27(12-8-23)40-17-5-15-32)30(39)35-26(22-37)20-24-9-13-28(14-10-24)41-18-6-16-33/h7-14,25-26,36-37H,3-6,15-22H2,1-2H3,(H,34,38)(H,35,39)/t25-,26-/m0/s1. The number of hydrogen-bond donors (Lipinski definition) is 4. The first-order chi connectivity index (χ1) is 19.8. The van der Waals surface area contributed by atoms with Crippen LogP contribution in [0.25, 0.3) is 0 Å². The van der Waals surface area contributed by atoms with Crippen LogP contribution in [0.5, 0.6) is 11.5 Å². The summed E-state index contributed by atoms with van der Waals surface area (Å²) >= 11 is 6.76. The average Bonchev–Trinajstić information content (AvgIpc) is 2.99. The average molecular weight is 701 g/mol. The van der Waals surface area contributed by atoms with E-state index in [-0.39, 0.29) is 26.1 Å². The molecule has 2 aromatic rings. The fraction of sp³-hybridized carbons (Fsp3) is 0.548. The van der Waals surface area contributed by atoms with E-state index in [2.05, 4.69) is 42.5 Å². The molecule has 0 bridgehead atoms. The number of aliphatic hydroxyl groups is 2. The Morgan fingerprint density at radius 3 is 1.39 bits per heavy atom. The lowest BCUT2D eigenvalue weighted by Gasteiger charge is -2.32. The molecule has 10 heteroatoms. The molecule has 228 valence electrons. The number of carbonyl (C=O) groups excluding carboxylic acids is 2. The SMILES string of the molecule is CCC(CC)(C(=O)N[C@H](CO)Cc1ccc(OCCCBr)cc1)C(=O)N[C@H](CO)Cc1ccc(OCCCBr)cc1. The van der Waals surface area contributed by atoms with Crippen molar-refractivity contribution in [3.05, 3.63) is 59.7 Å². The molecule has 8 nitrogen and oxygen atoms in total. The van der Waals surface area contributed by atoms with Gasteiger partial charge in [0, 0.05) is 10.7 Å². The van der Waals surface area contributed by atoms with Gasteiger partial charge in [0.1, 0.15) is 16.9 Å². The number of benzene rings is 2. The number of aliphatic hydroxyl groups excluding tert-OH is 2. The van der Waals surface area contributed by atoms with Gasteiger partial charge in [-0.3, -0.25) is 9.59 Å². The molecule has 0 radical (unpaired) electrons. The van der Waals surface area contributed by atoms with Crippen LogP contribution in [0.3, 0.4) is 0 Å². The highest BCUT2D eigenvalue weighted by Gasteiger charge is 2.43. The van der Waals surface area contributed by atoms with Gasteiger partial charge in [0.2, 0.25) is 11.8 Å². The number of ether oxygens (including phenoxy) is 2. The fourth-order valence-corrected chi connectivity index (χ4v) is 4.92. The van der Waals surface area contributed by atoms with Crippen LogP contribution in [-0.4, -0.2) is 71.2 Å². The molecule has 2 atom stereocenters. The van der Waals surface area contributed by atoms with E-state index in [0.717, 1.165) is 46.1 Å². The molecule has 0 fully saturated rings. The lowest BCUT2D eigenvalue weighted by molar-refractivity contribution is -0.145. The molecule has 41 heavy (non-hydrogen) atoms. The lowest BCUT2D eigenvalue weighted by atomic mass is 9.79. The predicted molar refractivity (Wildman–Crippen MR) is 169 cm³/mol. The number of nitrogens with one attached hydrogen (secondary N) is 2. The minimum absolute atomic E-state index is 0.268. The minimum atomic E-state index is -1.33. The molecule has 4 N–H and O–H groups in total. The van der Waals surface area contributed by atoms with Gasteiger partial charge < -0.3 is 30.3 Å². The molecule has 2 rings (SSSR count). The third kappa shape index (κ3) is 11.2. The van der Waals surface area contributed by atoms with Gasteiger partial charge in [0.15, 0.2) is 0 Å². The van der Waals surface area contributed by atoms with E-state index < -0.39 is 29.3 Å². The summed E-state index contributed by atoms with van der Waals surface area (Å²) in [5, 5.41) is 27.6. The van der Waals surface area contributed by atoms with E-state index in [9.17, 15) is 19.8 Å². The molecule has 0 saturated carbocycles. The van der Waals surface area contributed by atoms with Gasteiger partial charge in [-0.25, -0.2) is 0 Å². The van der Waals surface area contributed by atoms with Gasteiger partial charge in [-0.05, 0) is 73.9 Å². The highest BCUT2D eigenvalue weighted by atomic mass is 79.9. The number of halogens is 2. The summed E-state index contributed by atoms with van der Waals surface area (Å²) in [5.41, 5.74) is 0.529. The second-order valence-corrected chi connectivity index (χ2v) is 11.6. The van der Waals surface area contributed by atoms with E-state index in [1.807, 2.05) is 48.5 Å². The molecular formula is C31H44Br2N2O6. The Morgan fingerprint density at radius 2 is 1.10 bits per heavy atom. The largest absolute Gasteiger partial charge is 0.494 e. The van der Waals surface area contributed by atoms with Gasteiger partial charge >= 0.3 is 0 Å². The molecule has 0 unspecified atom stereocenters. The molecule has 0 saturated heterocycles. The van der Waals surface area contributed by atoms with E-state index in [0.29, 0.717) is 26.1 Å². The Balaban J connectivity index is 2.02. The van der Waals surface area contributed by atoms with Gasteiger partial charge in [0.25, 0.3) is 0 Å². The summed E-state index contributed by atoms with van der Waals surface area (Å²) in [4.78, 5) is 27.0. The van der Waals surface area contributed by atoms with Crippen LogP contribution in [-0.2, 0) is 22.4 Å². The summed E-state index contributed by atoms with van der Waals surface area (Å²) in [6.45, 7) is 4.30. The molecular weight excluding hydrogens is 656 g/mol. The maximum absolute atomic E-state index is 13.5. The smallest absolute Gasteiger partial charge is 0.235 e. The predicted octanol–water partition coefficient (Wildman–Crippen LogP) is 4.56. The van der Waals surface area contributed by atoms with Crippen LogP contribution in [0.1, 0.15) is 50.7 Å². The zero-order valence-electron chi connectivity index (χ0n) is 24.0. The summed E-state index contributed by atoms with van der Waals surface area (Å²) < 4.78 is 11.4. The summed E-state index contributed by atoms with van der Waals surface area (Å²) in [6.07, 6.45) is 3.18. The van der Waals surface area contributed by atoms with Crippen molar-refractivity contribution in [3.63, 3.8) is 0 Å². The number of carbonyl (C=O) groups is 2. The summed E-state index contributed by atoms with van der Waals surface area (Å²) in [5.74, 6) is 0.658. The van der Waals surface area contributed by atoms with Crippen molar-refractivity contribution in [3.8, 4) is 11.5 Å². The Kier molecular flexibility index (Phi) is 16.4. The third-order valence-corrected chi connectivity index (χ3v) is 8.21. The first-order valence-electron chi connectivity index (χ1n) is 14.2. The topological polar surface area (TPSA) is 117 Å². The van der Waals surface area contributed by atoms with E-state index >= 15 is 0 Å². The Bertz CT molecular complexity index is 952. The fourth-order valence-electron chi connectivity index (χ4n) is 4.47. The van der Waals surface area contributed by atoms with E-state index in [1.165, 1.54) is 0 Å². The molecule has 0 heterocycles. The summed E-state index contributed by atoms with van der Waals surface area (Å²) in [6, 6.07) is 14.0. The quantitative estimate of drug-likeness (QED) is 0.0915. The molecule has 2 aromatic carbocycles. The van der Waals surface area contributed by atoms with Gasteiger partial charge in [-0.15, -0.1) is 0 Å². The van der Waals surface area contributed by atoms with Crippen molar-refractivity contribution in [2.24, 2.45) is 5.41 Å². The number of alkyl halides is 2. The number of hydrogen-bond acceptors (Lipinski definition) is 6. The Morgan fingerprint density at radius 1 is 0.732 bits per heavy atom. The van der Waals surface area contributed by atoms with Gasteiger partial charge in [0.05, 0.1) is 38.5 Å². The molecule has 0 spiro atoms. The highest BCUT2D eigenvalue weighted by molar-refractivity contribution is 9.09. The lowest BCUT2D eigenvalue weighted by Crippen LogP contribution is -2.56. The number of rotatable bonds is 20. The van der Waals surface area contributed by atoms with Crippen LogP contribution in [0.4, 0.5) is 0 Å². The van der Waals surface area contributed by atoms with E-state index in [4.69, 9.17) is 9.47 Å². The van der Waals surface area contributed by atoms with Gasteiger partial charge in [-0.2, -0.15) is 0 Å². The zero-order valence-corrected chi connectivity index (χ0v) is 27.2. The molecule has 0 aliphatic carbocycles. The molecule has 0 aliphatic heterocycles. The van der Waals surface area contributed by atoms with Crippen LogP contribution >= 0.6 is 31.9 Å². The first kappa shape index (κ1) is 35.1. The highest BCUT2D eigenvalue weighted by Crippen LogP contribution is 2.28. The van der Waals surface area contributed by atoms with Crippen molar-refractivity contribution in [2.45, 2.75) is 64.5 Å². The van der Waals surface area contributed by atoms with Crippen molar-refractivity contribution in [2.75, 3.05) is 37.1 Å². The normalized spacial score (nSPS) is 12.8. The summed E-state index contributed by atoms with van der Waals surface area (Å²) in [7, 11) is 0. The third-order valence-electron chi connectivity index (χ3n) is 7.09. The maximum Gasteiger partial charge on any atom is 0.235 e. The first-order valence-corrected chi connectivity index (χ1v) is 16.5. The van der Waals surface area contributed by atoms with Gasteiger partial charge in [-0.1, -0.05) is 70.0 Å². The Hall–Kier alpha value is -2.14. The maximum atomic E-state index is 13.5. The zero-order chi connectivity index (χ0) is 30.1. The van der Waals surface area contributed by atoms with Crippen molar-refractivity contribution < 1.29 is 29.3 Å². The van der Waals surface area contributed by atoms with Crippen LogP contribution in [0.15, 0.2) is 48.5 Å². The monoisotopic (exact) mass is 698 g/mol.